The summed E-state index contributed by atoms with van der Waals surface area (Å²) in [6.45, 7) is 6.17. The smallest absolute Gasteiger partial charge is 0.403 e. The van der Waals surface area contributed by atoms with Crippen molar-refractivity contribution in [3.63, 3.8) is 0 Å². The number of piperazine rings is 1. The number of thioether (sulfide) groups is 1. The van der Waals surface area contributed by atoms with Gasteiger partial charge in [0.15, 0.2) is 5.75 Å². The first kappa shape index (κ1) is 24.6. The topological polar surface area (TPSA) is 62.6 Å². The number of halogens is 3. The molecule has 1 aromatic heterocycles. The summed E-state index contributed by atoms with van der Waals surface area (Å²) in [4.78, 5) is 21.2. The van der Waals surface area contributed by atoms with Gasteiger partial charge in [0.05, 0.1) is 21.6 Å². The minimum atomic E-state index is -4.86. The summed E-state index contributed by atoms with van der Waals surface area (Å²) in [5.74, 6) is -0.591. The Bertz CT molecular complexity index is 1360. The van der Waals surface area contributed by atoms with Gasteiger partial charge in [-0.05, 0) is 42.4 Å². The number of benzene rings is 2. The lowest BCUT2D eigenvalue weighted by Gasteiger charge is -2.35. The van der Waals surface area contributed by atoms with Crippen LogP contribution in [0.1, 0.15) is 12.5 Å². The second-order valence-corrected chi connectivity index (χ2v) is 10.1. The summed E-state index contributed by atoms with van der Waals surface area (Å²) in [6.07, 6.45) is -1.71. The average Bonchev–Trinajstić information content (AvgIpc) is 3.39. The Morgan fingerprint density at radius 1 is 1.17 bits per heavy atom. The van der Waals surface area contributed by atoms with Gasteiger partial charge in [0, 0.05) is 37.9 Å². The van der Waals surface area contributed by atoms with Gasteiger partial charge in [-0.2, -0.15) is 0 Å². The Hall–Kier alpha value is -3.09. The fourth-order valence-electron chi connectivity index (χ4n) is 4.31. The maximum atomic E-state index is 13.4. The number of alkyl halides is 3. The van der Waals surface area contributed by atoms with E-state index < -0.39 is 6.36 Å². The number of nitrogens with zero attached hydrogens (tertiary/aromatic N) is 4. The molecule has 0 unspecified atom stereocenters. The molecule has 2 saturated heterocycles. The molecule has 3 aromatic rings. The van der Waals surface area contributed by atoms with Crippen molar-refractivity contribution in [3.8, 4) is 11.4 Å². The lowest BCUT2D eigenvalue weighted by atomic mass is 10.1. The molecule has 1 amide bonds. The molecule has 2 aliphatic heterocycles. The van der Waals surface area contributed by atoms with Crippen LogP contribution in [0, 0.1) is 0 Å². The van der Waals surface area contributed by atoms with E-state index >= 15 is 0 Å². The molecule has 3 heterocycles. The number of anilines is 1. The minimum Gasteiger partial charge on any atom is -0.403 e. The van der Waals surface area contributed by atoms with Crippen molar-refractivity contribution in [2.45, 2.75) is 13.3 Å². The molecule has 0 saturated carbocycles. The number of nitrogens with one attached hydrogen (secondary N) is 1. The van der Waals surface area contributed by atoms with Crippen LogP contribution in [0.15, 0.2) is 47.6 Å². The van der Waals surface area contributed by atoms with Gasteiger partial charge in [-0.1, -0.05) is 37.0 Å². The summed E-state index contributed by atoms with van der Waals surface area (Å²) < 4.78 is 46.6. The van der Waals surface area contributed by atoms with Gasteiger partial charge < -0.3 is 19.9 Å². The number of rotatable bonds is 5. The van der Waals surface area contributed by atoms with E-state index in [2.05, 4.69) is 31.8 Å². The highest BCUT2D eigenvalue weighted by atomic mass is 32.2. The molecule has 36 heavy (non-hydrogen) atoms. The maximum Gasteiger partial charge on any atom is 0.573 e. The number of aromatic nitrogens is 2. The molecule has 0 spiro atoms. The third kappa shape index (κ3) is 5.20. The second-order valence-electron chi connectivity index (χ2n) is 8.34. The fourth-order valence-corrected chi connectivity index (χ4v) is 5.35. The maximum absolute atomic E-state index is 13.4. The Labute approximate surface area is 214 Å². The molecule has 5 rings (SSSR count). The summed E-state index contributed by atoms with van der Waals surface area (Å²) in [7, 11) is 0. The molecule has 12 heteroatoms. The summed E-state index contributed by atoms with van der Waals surface area (Å²) in [5, 5.41) is 2.56. The molecular formula is C24H22F3N5O2S2. The lowest BCUT2D eigenvalue weighted by Crippen LogP contribution is -2.46. The number of carbonyl (C=O) groups is 1. The van der Waals surface area contributed by atoms with Crippen molar-refractivity contribution in [2.75, 3.05) is 37.6 Å². The molecule has 2 fully saturated rings. The van der Waals surface area contributed by atoms with Crippen LogP contribution in [0.4, 0.5) is 18.9 Å². The first-order valence-corrected chi connectivity index (χ1v) is 12.5. The molecule has 0 atom stereocenters. The van der Waals surface area contributed by atoms with Crippen molar-refractivity contribution >= 4 is 57.0 Å². The van der Waals surface area contributed by atoms with Crippen LogP contribution in [0.2, 0.25) is 0 Å². The summed E-state index contributed by atoms with van der Waals surface area (Å²) in [6, 6.07) is 10.2. The van der Waals surface area contributed by atoms with E-state index in [0.29, 0.717) is 31.5 Å². The van der Waals surface area contributed by atoms with Crippen molar-refractivity contribution < 1.29 is 22.7 Å². The number of ether oxygens (including phenoxy) is 1. The van der Waals surface area contributed by atoms with E-state index in [4.69, 9.17) is 12.2 Å². The van der Waals surface area contributed by atoms with Gasteiger partial charge in [0.1, 0.15) is 10.6 Å². The normalized spacial score (nSPS) is 18.3. The fraction of sp³-hybridized carbons (Fsp3) is 0.292. The van der Waals surface area contributed by atoms with Crippen LogP contribution < -0.4 is 15.0 Å². The van der Waals surface area contributed by atoms with Gasteiger partial charge >= 0.3 is 6.36 Å². The van der Waals surface area contributed by atoms with E-state index in [1.54, 1.807) is 41.0 Å². The van der Waals surface area contributed by atoms with Gasteiger partial charge in [-0.15, -0.1) is 13.2 Å². The van der Waals surface area contributed by atoms with E-state index in [1.165, 1.54) is 12.4 Å². The predicted molar refractivity (Wildman–Crippen MR) is 138 cm³/mol. The van der Waals surface area contributed by atoms with Crippen molar-refractivity contribution in [3.05, 3.63) is 53.2 Å². The number of amides is 1. The van der Waals surface area contributed by atoms with Gasteiger partial charge in [-0.25, -0.2) is 4.98 Å². The number of fused-ring (bicyclic) bond motifs is 1. The van der Waals surface area contributed by atoms with Crippen LogP contribution in [-0.2, 0) is 4.79 Å². The summed E-state index contributed by atoms with van der Waals surface area (Å²) in [5.41, 5.74) is 2.74. The lowest BCUT2D eigenvalue weighted by molar-refractivity contribution is -0.274. The molecular weight excluding hydrogens is 511 g/mol. The predicted octanol–water partition coefficient (Wildman–Crippen LogP) is 4.55. The third-order valence-corrected chi connectivity index (χ3v) is 7.29. The Kier molecular flexibility index (Phi) is 6.66. The first-order chi connectivity index (χ1) is 17.2. The highest BCUT2D eigenvalue weighted by Crippen LogP contribution is 2.35. The zero-order chi connectivity index (χ0) is 25.4. The van der Waals surface area contributed by atoms with Crippen LogP contribution in [0.5, 0.6) is 5.75 Å². The number of imidazole rings is 1. The van der Waals surface area contributed by atoms with Crippen molar-refractivity contribution in [1.29, 1.82) is 0 Å². The molecule has 0 aliphatic carbocycles. The Morgan fingerprint density at radius 2 is 1.94 bits per heavy atom. The minimum absolute atomic E-state index is 0.213. The molecule has 0 radical (unpaired) electrons. The molecule has 2 aliphatic rings. The zero-order valence-electron chi connectivity index (χ0n) is 19.2. The first-order valence-electron chi connectivity index (χ1n) is 11.3. The van der Waals surface area contributed by atoms with Gasteiger partial charge in [0.2, 0.25) is 0 Å². The SMILES string of the molecule is CCN1CCN(c2ccc(-n3cnc4ccc(C=C5SC(=S)NC5=O)cc43)c(OC(F)(F)F)c2)CC1. The molecule has 0 bridgehead atoms. The number of hydrogen-bond acceptors (Lipinski definition) is 7. The van der Waals surface area contributed by atoms with E-state index in [0.717, 1.165) is 44.5 Å². The highest BCUT2D eigenvalue weighted by molar-refractivity contribution is 8.26. The number of thiocarbonyl (C=S) groups is 1. The van der Waals surface area contributed by atoms with Gasteiger partial charge in [-0.3, -0.25) is 9.36 Å². The van der Waals surface area contributed by atoms with Crippen LogP contribution in [0.3, 0.4) is 0 Å². The monoisotopic (exact) mass is 533 g/mol. The quantitative estimate of drug-likeness (QED) is 0.381. The number of carbonyl (C=O) groups excluding carboxylic acids is 1. The zero-order valence-corrected chi connectivity index (χ0v) is 20.8. The van der Waals surface area contributed by atoms with Crippen molar-refractivity contribution in [2.24, 2.45) is 0 Å². The molecule has 2 aromatic carbocycles. The van der Waals surface area contributed by atoms with E-state index in [9.17, 15) is 18.0 Å². The van der Waals surface area contributed by atoms with Crippen LogP contribution >= 0.6 is 24.0 Å². The Balaban J connectivity index is 1.53. The highest BCUT2D eigenvalue weighted by Gasteiger charge is 2.33. The largest absolute Gasteiger partial charge is 0.573 e. The molecule has 1 N–H and O–H groups in total. The average molecular weight is 534 g/mol. The molecule has 7 nitrogen and oxygen atoms in total. The van der Waals surface area contributed by atoms with Crippen LogP contribution in [-0.4, -0.2) is 63.8 Å². The van der Waals surface area contributed by atoms with Crippen LogP contribution in [0.25, 0.3) is 22.8 Å². The number of hydrogen-bond donors (Lipinski definition) is 1. The van der Waals surface area contributed by atoms with Gasteiger partial charge in [0.25, 0.3) is 5.91 Å². The standard InChI is InChI=1S/C24H22F3N5O2S2/c1-2-30-7-9-31(10-8-30)16-4-6-18(20(13-16)34-24(25,26)27)32-14-28-17-5-3-15(11-19(17)32)12-21-22(33)29-23(35)36-21/h3-6,11-14H,2,7-10H2,1H3,(H,29,33,35). The second kappa shape index (κ2) is 9.75. The Morgan fingerprint density at radius 3 is 2.61 bits per heavy atom. The third-order valence-electron chi connectivity index (χ3n) is 6.12. The van der Waals surface area contributed by atoms with Crippen molar-refractivity contribution in [1.82, 2.24) is 19.8 Å². The molecule has 188 valence electrons. The number of likely N-dealkylation sites (N-methyl/N-ethyl adjacent to an activating group) is 1. The van der Waals surface area contributed by atoms with E-state index in [1.807, 2.05) is 0 Å². The van der Waals surface area contributed by atoms with E-state index in [-0.39, 0.29) is 17.3 Å². The summed E-state index contributed by atoms with van der Waals surface area (Å²) >= 11 is 6.19.